The van der Waals surface area contributed by atoms with Gasteiger partial charge in [-0.05, 0) is 32.5 Å². The van der Waals surface area contributed by atoms with Crippen LogP contribution >= 0.6 is 0 Å². The van der Waals surface area contributed by atoms with Crippen LogP contribution in [0.25, 0.3) is 0 Å². The van der Waals surface area contributed by atoms with Crippen molar-refractivity contribution in [1.29, 1.82) is 0 Å². The second-order valence-corrected chi connectivity index (χ2v) is 7.33. The number of hydrogen-bond acceptors (Lipinski definition) is 6. The number of piperazine rings is 1. The zero-order valence-corrected chi connectivity index (χ0v) is 14.5. The van der Waals surface area contributed by atoms with Gasteiger partial charge in [0.1, 0.15) is 0 Å². The van der Waals surface area contributed by atoms with Gasteiger partial charge in [-0.2, -0.15) is 0 Å². The minimum atomic E-state index is 0.0437. The van der Waals surface area contributed by atoms with E-state index in [0.29, 0.717) is 17.9 Å². The summed E-state index contributed by atoms with van der Waals surface area (Å²) in [7, 11) is 4.23. The second kappa shape index (κ2) is 6.29. The highest BCUT2D eigenvalue weighted by molar-refractivity contribution is 5.82. The molecular formula is C17H26N6O. The molecule has 0 bridgehead atoms. The summed E-state index contributed by atoms with van der Waals surface area (Å²) in [4.78, 5) is 30.6. The Morgan fingerprint density at radius 3 is 2.46 bits per heavy atom. The number of nitrogens with zero attached hydrogens (tertiary/aromatic N) is 6. The van der Waals surface area contributed by atoms with Crippen LogP contribution in [0, 0.1) is 5.92 Å². The van der Waals surface area contributed by atoms with E-state index >= 15 is 0 Å². The van der Waals surface area contributed by atoms with Crippen molar-refractivity contribution in [1.82, 2.24) is 24.7 Å². The summed E-state index contributed by atoms with van der Waals surface area (Å²) >= 11 is 0. The number of carbonyl (C=O) groups is 1. The fourth-order valence-corrected chi connectivity index (χ4v) is 4.36. The number of likely N-dealkylation sites (tertiary alicyclic amines) is 1. The smallest absolute Gasteiger partial charge is 0.240 e. The number of anilines is 1. The van der Waals surface area contributed by atoms with E-state index in [2.05, 4.69) is 43.7 Å². The Bertz CT molecular complexity index is 588. The van der Waals surface area contributed by atoms with E-state index in [-0.39, 0.29) is 6.04 Å². The summed E-state index contributed by atoms with van der Waals surface area (Å²) in [5.41, 5.74) is 0. The quantitative estimate of drug-likeness (QED) is 0.746. The molecule has 1 aromatic rings. The largest absolute Gasteiger partial charge is 0.339 e. The van der Waals surface area contributed by atoms with Crippen LogP contribution in [0.1, 0.15) is 6.42 Å². The molecular weight excluding hydrogens is 304 g/mol. The van der Waals surface area contributed by atoms with E-state index in [0.717, 1.165) is 51.6 Å². The van der Waals surface area contributed by atoms with Crippen LogP contribution in [0.15, 0.2) is 18.5 Å². The summed E-state index contributed by atoms with van der Waals surface area (Å²) < 4.78 is 0. The molecule has 3 aliphatic heterocycles. The summed E-state index contributed by atoms with van der Waals surface area (Å²) in [5.74, 6) is 1.66. The van der Waals surface area contributed by atoms with Gasteiger partial charge in [-0.3, -0.25) is 9.69 Å². The minimum Gasteiger partial charge on any atom is -0.339 e. The van der Waals surface area contributed by atoms with Crippen LogP contribution in [0.5, 0.6) is 0 Å². The third-order valence-electron chi connectivity index (χ3n) is 5.88. The first-order valence-electron chi connectivity index (χ1n) is 8.84. The van der Waals surface area contributed by atoms with Crippen molar-refractivity contribution in [2.24, 2.45) is 5.92 Å². The van der Waals surface area contributed by atoms with Crippen LogP contribution in [-0.2, 0) is 4.79 Å². The zero-order chi connectivity index (χ0) is 16.7. The highest BCUT2D eigenvalue weighted by Crippen LogP contribution is 2.36. The second-order valence-electron chi connectivity index (χ2n) is 7.33. The van der Waals surface area contributed by atoms with Gasteiger partial charge in [0.2, 0.25) is 11.9 Å². The molecule has 7 heteroatoms. The van der Waals surface area contributed by atoms with Gasteiger partial charge < -0.3 is 14.7 Å². The van der Waals surface area contributed by atoms with Crippen LogP contribution in [0.4, 0.5) is 5.95 Å². The first-order valence-corrected chi connectivity index (χ1v) is 8.84. The van der Waals surface area contributed by atoms with Gasteiger partial charge in [0, 0.05) is 57.7 Å². The minimum absolute atomic E-state index is 0.0437. The van der Waals surface area contributed by atoms with E-state index in [1.807, 2.05) is 6.07 Å². The fourth-order valence-electron chi connectivity index (χ4n) is 4.36. The lowest BCUT2D eigenvalue weighted by Gasteiger charge is -2.36. The maximum atomic E-state index is 12.9. The molecule has 1 aromatic heterocycles. The molecule has 4 rings (SSSR count). The van der Waals surface area contributed by atoms with Crippen LogP contribution in [0.3, 0.4) is 0 Å². The monoisotopic (exact) mass is 330 g/mol. The van der Waals surface area contributed by atoms with E-state index in [1.54, 1.807) is 12.4 Å². The predicted octanol–water partition coefficient (Wildman–Crippen LogP) is -0.240. The highest BCUT2D eigenvalue weighted by Gasteiger charge is 2.48. The topological polar surface area (TPSA) is 55.8 Å². The molecule has 3 saturated heterocycles. The molecule has 3 fully saturated rings. The maximum absolute atomic E-state index is 12.9. The molecule has 130 valence electrons. The Kier molecular flexibility index (Phi) is 4.14. The van der Waals surface area contributed by atoms with E-state index in [9.17, 15) is 4.79 Å². The average Bonchev–Trinajstić information content (AvgIpc) is 3.16. The van der Waals surface area contributed by atoms with Gasteiger partial charge >= 0.3 is 0 Å². The van der Waals surface area contributed by atoms with Crippen LogP contribution in [0.2, 0.25) is 0 Å². The standard InChI is InChI=1S/C17H26N6O/c1-20-6-8-22(9-7-20)16(24)14-10-13-11-23(12-15(13)21(14)2)17-18-4-3-5-19-17/h3-5,13-15H,6-12H2,1-2H3/t13-,14-,15+/m0/s1. The van der Waals surface area contributed by atoms with Gasteiger partial charge in [-0.15, -0.1) is 0 Å². The van der Waals surface area contributed by atoms with Crippen molar-refractivity contribution in [2.45, 2.75) is 18.5 Å². The lowest BCUT2D eigenvalue weighted by molar-refractivity contribution is -0.137. The Morgan fingerprint density at radius 2 is 1.79 bits per heavy atom. The fraction of sp³-hybridized carbons (Fsp3) is 0.706. The molecule has 24 heavy (non-hydrogen) atoms. The van der Waals surface area contributed by atoms with Crippen molar-refractivity contribution in [3.8, 4) is 0 Å². The predicted molar refractivity (Wildman–Crippen MR) is 91.8 cm³/mol. The average molecular weight is 330 g/mol. The molecule has 3 atom stereocenters. The lowest BCUT2D eigenvalue weighted by Crippen LogP contribution is -2.53. The van der Waals surface area contributed by atoms with Crippen molar-refractivity contribution in [3.05, 3.63) is 18.5 Å². The van der Waals surface area contributed by atoms with Gasteiger partial charge in [-0.1, -0.05) is 0 Å². The van der Waals surface area contributed by atoms with Crippen molar-refractivity contribution >= 4 is 11.9 Å². The highest BCUT2D eigenvalue weighted by atomic mass is 16.2. The van der Waals surface area contributed by atoms with E-state index in [1.165, 1.54) is 0 Å². The molecule has 0 N–H and O–H groups in total. The number of carbonyl (C=O) groups excluding carboxylic acids is 1. The number of rotatable bonds is 2. The van der Waals surface area contributed by atoms with Gasteiger partial charge in [0.05, 0.1) is 6.04 Å². The first-order chi connectivity index (χ1) is 11.6. The normalized spacial score (nSPS) is 31.5. The molecule has 7 nitrogen and oxygen atoms in total. The molecule has 3 aliphatic rings. The zero-order valence-electron chi connectivity index (χ0n) is 14.5. The van der Waals surface area contributed by atoms with Gasteiger partial charge in [0.15, 0.2) is 0 Å². The van der Waals surface area contributed by atoms with Gasteiger partial charge in [0.25, 0.3) is 0 Å². The number of fused-ring (bicyclic) bond motifs is 1. The lowest BCUT2D eigenvalue weighted by atomic mass is 10.0. The van der Waals surface area contributed by atoms with Gasteiger partial charge in [-0.25, -0.2) is 9.97 Å². The summed E-state index contributed by atoms with van der Waals surface area (Å²) in [6.07, 6.45) is 4.54. The summed E-state index contributed by atoms with van der Waals surface area (Å²) in [6.45, 7) is 5.55. The molecule has 0 saturated carbocycles. The Labute approximate surface area is 143 Å². The molecule has 0 aromatic carbocycles. The van der Waals surface area contributed by atoms with E-state index < -0.39 is 0 Å². The number of likely N-dealkylation sites (N-methyl/N-ethyl adjacent to an activating group) is 2. The van der Waals surface area contributed by atoms with Crippen molar-refractivity contribution in [3.63, 3.8) is 0 Å². The maximum Gasteiger partial charge on any atom is 0.240 e. The molecule has 1 amide bonds. The third-order valence-corrected chi connectivity index (χ3v) is 5.88. The SMILES string of the molecule is CN1CCN(C(=O)[C@@H]2C[C@H]3CN(c4ncccn4)C[C@H]3N2C)CC1. The van der Waals surface area contributed by atoms with Crippen LogP contribution in [-0.4, -0.2) is 96.0 Å². The molecule has 0 aliphatic carbocycles. The van der Waals surface area contributed by atoms with Crippen molar-refractivity contribution < 1.29 is 4.79 Å². The number of aromatic nitrogens is 2. The number of amides is 1. The van der Waals surface area contributed by atoms with E-state index in [4.69, 9.17) is 0 Å². The molecule has 4 heterocycles. The number of hydrogen-bond donors (Lipinski definition) is 0. The summed E-state index contributed by atoms with van der Waals surface area (Å²) in [6, 6.07) is 2.31. The van der Waals surface area contributed by atoms with Crippen LogP contribution < -0.4 is 4.90 Å². The van der Waals surface area contributed by atoms with Crippen molar-refractivity contribution in [2.75, 3.05) is 58.3 Å². The molecule has 0 radical (unpaired) electrons. The Hall–Kier alpha value is -1.73. The third kappa shape index (κ3) is 2.75. The molecule has 0 unspecified atom stereocenters. The molecule has 0 spiro atoms. The first kappa shape index (κ1) is 15.8. The summed E-state index contributed by atoms with van der Waals surface area (Å²) in [5, 5.41) is 0. The Morgan fingerprint density at radius 1 is 1.08 bits per heavy atom. The Balaban J connectivity index is 1.40.